The van der Waals surface area contributed by atoms with Gasteiger partial charge in [-0.15, -0.1) is 0 Å². The fraction of sp³-hybridized carbons (Fsp3) is 0.200. The fourth-order valence-corrected chi connectivity index (χ4v) is 2.06. The van der Waals surface area contributed by atoms with Crippen LogP contribution < -0.4 is 10.9 Å². The normalized spacial score (nSPS) is 10.5. The van der Waals surface area contributed by atoms with Crippen LogP contribution in [0.1, 0.15) is 27.2 Å². The Morgan fingerprint density at radius 3 is 2.33 bits per heavy atom. The fourth-order valence-electron chi connectivity index (χ4n) is 2.06. The minimum absolute atomic E-state index is 0.0155. The first-order chi connectivity index (χ1) is 9.86. The Hall–Kier alpha value is -2.50. The van der Waals surface area contributed by atoms with Crippen molar-refractivity contribution >= 4 is 5.91 Å². The van der Waals surface area contributed by atoms with E-state index in [4.69, 9.17) is 0 Å². The summed E-state index contributed by atoms with van der Waals surface area (Å²) in [6, 6.07) is 4.34. The second kappa shape index (κ2) is 5.87. The molecule has 4 nitrogen and oxygen atoms in total. The number of nitrogens with one attached hydrogen (secondary N) is 2. The van der Waals surface area contributed by atoms with Gasteiger partial charge in [-0.3, -0.25) is 9.59 Å². The zero-order chi connectivity index (χ0) is 15.6. The largest absolute Gasteiger partial charge is 0.348 e. The number of aromatic amines is 1. The molecule has 2 N–H and O–H groups in total. The van der Waals surface area contributed by atoms with E-state index in [0.717, 1.165) is 23.4 Å². The number of aromatic nitrogens is 1. The maximum absolute atomic E-state index is 13.0. The van der Waals surface area contributed by atoms with Gasteiger partial charge < -0.3 is 10.3 Å². The quantitative estimate of drug-likeness (QED) is 0.911. The molecule has 0 bridgehead atoms. The van der Waals surface area contributed by atoms with Crippen molar-refractivity contribution in [3.05, 3.63) is 68.6 Å². The van der Waals surface area contributed by atoms with E-state index in [9.17, 15) is 18.4 Å². The van der Waals surface area contributed by atoms with Gasteiger partial charge in [0.2, 0.25) is 0 Å². The van der Waals surface area contributed by atoms with E-state index in [2.05, 4.69) is 10.3 Å². The molecule has 110 valence electrons. The molecule has 0 radical (unpaired) electrons. The van der Waals surface area contributed by atoms with E-state index in [-0.39, 0.29) is 17.7 Å². The highest BCUT2D eigenvalue weighted by atomic mass is 19.1. The number of carbonyl (C=O) groups is 1. The molecule has 0 spiro atoms. The molecule has 6 heteroatoms. The van der Waals surface area contributed by atoms with E-state index in [1.165, 1.54) is 0 Å². The number of carbonyl (C=O) groups excluding carboxylic acids is 1. The van der Waals surface area contributed by atoms with Crippen LogP contribution in [0.4, 0.5) is 8.78 Å². The summed E-state index contributed by atoms with van der Waals surface area (Å²) in [6.45, 7) is 3.50. The third-order valence-electron chi connectivity index (χ3n) is 3.04. The summed E-state index contributed by atoms with van der Waals surface area (Å²) < 4.78 is 26.1. The van der Waals surface area contributed by atoms with Gasteiger partial charge in [-0.1, -0.05) is 0 Å². The lowest BCUT2D eigenvalue weighted by Crippen LogP contribution is -2.28. The predicted molar refractivity (Wildman–Crippen MR) is 74.1 cm³/mol. The van der Waals surface area contributed by atoms with Crippen molar-refractivity contribution in [2.75, 3.05) is 0 Å². The van der Waals surface area contributed by atoms with Crippen LogP contribution in [0.3, 0.4) is 0 Å². The molecule has 0 aliphatic carbocycles. The average molecular weight is 292 g/mol. The summed E-state index contributed by atoms with van der Waals surface area (Å²) >= 11 is 0. The molecular weight excluding hydrogens is 278 g/mol. The van der Waals surface area contributed by atoms with Gasteiger partial charge >= 0.3 is 0 Å². The first-order valence-electron chi connectivity index (χ1n) is 6.30. The van der Waals surface area contributed by atoms with Crippen LogP contribution in [-0.2, 0) is 6.54 Å². The highest BCUT2D eigenvalue weighted by molar-refractivity contribution is 5.94. The zero-order valence-corrected chi connectivity index (χ0v) is 11.6. The Morgan fingerprint density at radius 2 is 1.76 bits per heavy atom. The van der Waals surface area contributed by atoms with Crippen molar-refractivity contribution in [1.29, 1.82) is 0 Å². The summed E-state index contributed by atoms with van der Waals surface area (Å²) in [6.07, 6.45) is 0. The lowest BCUT2D eigenvalue weighted by molar-refractivity contribution is 0.0950. The topological polar surface area (TPSA) is 62.0 Å². The molecule has 0 fully saturated rings. The number of halogens is 2. The van der Waals surface area contributed by atoms with Crippen molar-refractivity contribution in [2.24, 2.45) is 0 Å². The van der Waals surface area contributed by atoms with Gasteiger partial charge in [0.05, 0.1) is 0 Å². The number of H-pyrrole nitrogens is 1. The molecule has 1 aromatic heterocycles. The first kappa shape index (κ1) is 14.9. The van der Waals surface area contributed by atoms with Crippen LogP contribution in [0.5, 0.6) is 0 Å². The maximum Gasteiger partial charge on any atom is 0.253 e. The second-order valence-electron chi connectivity index (χ2n) is 4.78. The van der Waals surface area contributed by atoms with Gasteiger partial charge in [-0.2, -0.15) is 0 Å². The minimum atomic E-state index is -0.829. The van der Waals surface area contributed by atoms with Crippen molar-refractivity contribution in [3.8, 4) is 0 Å². The summed E-state index contributed by atoms with van der Waals surface area (Å²) in [4.78, 5) is 26.3. The van der Waals surface area contributed by atoms with Gasteiger partial charge in [0.25, 0.3) is 11.5 Å². The first-order valence-corrected chi connectivity index (χ1v) is 6.30. The Labute approximate surface area is 119 Å². The number of hydrogen-bond acceptors (Lipinski definition) is 2. The minimum Gasteiger partial charge on any atom is -0.348 e. The highest BCUT2D eigenvalue weighted by Crippen LogP contribution is 2.08. The number of benzene rings is 1. The van der Waals surface area contributed by atoms with E-state index in [1.807, 2.05) is 0 Å². The number of hydrogen-bond donors (Lipinski definition) is 2. The van der Waals surface area contributed by atoms with Crippen LogP contribution in [-0.4, -0.2) is 10.9 Å². The van der Waals surface area contributed by atoms with Gasteiger partial charge in [0.15, 0.2) is 0 Å². The van der Waals surface area contributed by atoms with Gasteiger partial charge in [-0.25, -0.2) is 8.78 Å². The number of amides is 1. The molecule has 0 aliphatic rings. The van der Waals surface area contributed by atoms with Gasteiger partial charge in [-0.05, 0) is 37.6 Å². The number of pyridine rings is 1. The summed E-state index contributed by atoms with van der Waals surface area (Å²) in [5.41, 5.74) is 1.44. The zero-order valence-electron chi connectivity index (χ0n) is 11.6. The third kappa shape index (κ3) is 3.53. The second-order valence-corrected chi connectivity index (χ2v) is 4.78. The van der Waals surface area contributed by atoms with E-state index in [1.54, 1.807) is 19.9 Å². The molecule has 2 aromatic rings. The van der Waals surface area contributed by atoms with Crippen LogP contribution in [0.25, 0.3) is 0 Å². The molecule has 2 rings (SSSR count). The lowest BCUT2D eigenvalue weighted by atomic mass is 10.1. The van der Waals surface area contributed by atoms with Crippen LogP contribution in [0, 0.1) is 25.5 Å². The highest BCUT2D eigenvalue weighted by Gasteiger charge is 2.11. The Balaban J connectivity index is 2.17. The van der Waals surface area contributed by atoms with E-state index < -0.39 is 17.5 Å². The Morgan fingerprint density at radius 1 is 1.14 bits per heavy atom. The molecule has 0 unspecified atom stereocenters. The standard InChI is InChI=1S/C15H14F2N2O2/c1-8-3-9(2)19-15(21)13(8)7-18-14(20)10-4-11(16)6-12(17)5-10/h3-6H,7H2,1-2H3,(H,18,20)(H,19,21). The number of rotatable bonds is 3. The Kier molecular flexibility index (Phi) is 4.16. The van der Waals surface area contributed by atoms with Gasteiger partial charge in [0, 0.05) is 29.4 Å². The molecule has 0 atom stereocenters. The Bertz CT molecular complexity index is 734. The lowest BCUT2D eigenvalue weighted by Gasteiger charge is -2.08. The molecule has 0 saturated carbocycles. The van der Waals surface area contributed by atoms with Crippen molar-refractivity contribution in [3.63, 3.8) is 0 Å². The average Bonchev–Trinajstić information content (AvgIpc) is 2.35. The predicted octanol–water partition coefficient (Wildman–Crippen LogP) is 2.20. The summed E-state index contributed by atoms with van der Waals surface area (Å²) in [7, 11) is 0. The SMILES string of the molecule is Cc1cc(C)c(CNC(=O)c2cc(F)cc(F)c2)c(=O)[nH]1. The molecular formula is C15H14F2N2O2. The molecule has 0 aliphatic heterocycles. The number of aryl methyl sites for hydroxylation is 2. The van der Waals surface area contributed by atoms with Crippen LogP contribution in [0.2, 0.25) is 0 Å². The van der Waals surface area contributed by atoms with Crippen molar-refractivity contribution in [2.45, 2.75) is 20.4 Å². The van der Waals surface area contributed by atoms with Crippen LogP contribution in [0.15, 0.2) is 29.1 Å². The van der Waals surface area contributed by atoms with E-state index >= 15 is 0 Å². The molecule has 21 heavy (non-hydrogen) atoms. The molecule has 1 amide bonds. The molecule has 0 saturated heterocycles. The monoisotopic (exact) mass is 292 g/mol. The molecule has 1 heterocycles. The van der Waals surface area contributed by atoms with Crippen molar-refractivity contribution < 1.29 is 13.6 Å². The summed E-state index contributed by atoms with van der Waals surface area (Å²) in [5.74, 6) is -2.30. The summed E-state index contributed by atoms with van der Waals surface area (Å²) in [5, 5.41) is 2.48. The van der Waals surface area contributed by atoms with Gasteiger partial charge in [0.1, 0.15) is 11.6 Å². The van der Waals surface area contributed by atoms with Crippen LogP contribution >= 0.6 is 0 Å². The van der Waals surface area contributed by atoms with Crippen molar-refractivity contribution in [1.82, 2.24) is 10.3 Å². The smallest absolute Gasteiger partial charge is 0.253 e. The van der Waals surface area contributed by atoms with E-state index in [0.29, 0.717) is 11.6 Å². The maximum atomic E-state index is 13.0. The third-order valence-corrected chi connectivity index (χ3v) is 3.04. The molecule has 1 aromatic carbocycles.